The molecular formula is C17H20N2OS. The molecule has 4 heteroatoms. The summed E-state index contributed by atoms with van der Waals surface area (Å²) in [4.78, 5) is 0. The molecule has 0 aliphatic heterocycles. The van der Waals surface area contributed by atoms with Crippen LogP contribution in [0.25, 0.3) is 0 Å². The molecule has 0 saturated heterocycles. The molecule has 0 heterocycles. The standard InChI is InChI=1S/C17H20N2OS/c1-11-7-12(2)16(13(3)8-11)19-17(21)18-15-6-4-5-14(9-15)10-20/h4-9,20H,10H2,1-3H3,(H2,18,19,21). The van der Waals surface area contributed by atoms with Crippen molar-refractivity contribution in [1.82, 2.24) is 0 Å². The Morgan fingerprint density at radius 1 is 1.05 bits per heavy atom. The molecule has 0 bridgehead atoms. The van der Waals surface area contributed by atoms with Crippen molar-refractivity contribution in [3.63, 3.8) is 0 Å². The van der Waals surface area contributed by atoms with Crippen LogP contribution in [0.1, 0.15) is 22.3 Å². The molecular weight excluding hydrogens is 280 g/mol. The fraction of sp³-hybridized carbons (Fsp3) is 0.235. The smallest absolute Gasteiger partial charge is 0.175 e. The molecule has 0 aromatic heterocycles. The Morgan fingerprint density at radius 2 is 1.71 bits per heavy atom. The Kier molecular flexibility index (Phi) is 4.94. The number of rotatable bonds is 3. The third-order valence-corrected chi connectivity index (χ3v) is 3.49. The first-order valence-corrected chi connectivity index (χ1v) is 7.26. The summed E-state index contributed by atoms with van der Waals surface area (Å²) in [5.41, 5.74) is 6.33. The van der Waals surface area contributed by atoms with Gasteiger partial charge in [0.15, 0.2) is 5.11 Å². The fourth-order valence-electron chi connectivity index (χ4n) is 2.40. The highest BCUT2D eigenvalue weighted by molar-refractivity contribution is 7.80. The Balaban J connectivity index is 2.12. The molecule has 0 spiro atoms. The Labute approximate surface area is 131 Å². The van der Waals surface area contributed by atoms with Crippen molar-refractivity contribution in [2.45, 2.75) is 27.4 Å². The number of anilines is 2. The zero-order valence-electron chi connectivity index (χ0n) is 12.5. The molecule has 0 atom stereocenters. The van der Waals surface area contributed by atoms with Gasteiger partial charge in [0.2, 0.25) is 0 Å². The van der Waals surface area contributed by atoms with Gasteiger partial charge in [0.05, 0.1) is 6.61 Å². The molecule has 2 aromatic carbocycles. The van der Waals surface area contributed by atoms with Crippen LogP contribution < -0.4 is 10.6 Å². The van der Waals surface area contributed by atoms with Crippen molar-refractivity contribution in [1.29, 1.82) is 0 Å². The number of aryl methyl sites for hydroxylation is 3. The highest BCUT2D eigenvalue weighted by Crippen LogP contribution is 2.22. The predicted octanol–water partition coefficient (Wildman–Crippen LogP) is 3.91. The van der Waals surface area contributed by atoms with E-state index in [2.05, 4.69) is 43.5 Å². The van der Waals surface area contributed by atoms with Crippen molar-refractivity contribution >= 4 is 28.7 Å². The monoisotopic (exact) mass is 300 g/mol. The number of hydrogen-bond acceptors (Lipinski definition) is 2. The third-order valence-electron chi connectivity index (χ3n) is 3.28. The van der Waals surface area contributed by atoms with Gasteiger partial charge in [-0.1, -0.05) is 29.8 Å². The second-order valence-corrected chi connectivity index (χ2v) is 5.62. The minimum absolute atomic E-state index is 0.0197. The van der Waals surface area contributed by atoms with Crippen molar-refractivity contribution in [2.24, 2.45) is 0 Å². The van der Waals surface area contributed by atoms with Gasteiger partial charge >= 0.3 is 0 Å². The van der Waals surface area contributed by atoms with E-state index < -0.39 is 0 Å². The van der Waals surface area contributed by atoms with Gasteiger partial charge in [0.25, 0.3) is 0 Å². The maximum Gasteiger partial charge on any atom is 0.175 e. The lowest BCUT2D eigenvalue weighted by atomic mass is 10.1. The van der Waals surface area contributed by atoms with Crippen LogP contribution >= 0.6 is 12.2 Å². The van der Waals surface area contributed by atoms with Gasteiger partial charge in [-0.3, -0.25) is 0 Å². The summed E-state index contributed by atoms with van der Waals surface area (Å²) in [5.74, 6) is 0. The van der Waals surface area contributed by atoms with E-state index in [0.717, 1.165) is 16.9 Å². The van der Waals surface area contributed by atoms with E-state index in [1.807, 2.05) is 24.3 Å². The van der Waals surface area contributed by atoms with Crippen molar-refractivity contribution in [2.75, 3.05) is 10.6 Å². The maximum atomic E-state index is 9.15. The first-order chi connectivity index (χ1) is 9.99. The predicted molar refractivity (Wildman–Crippen MR) is 92.9 cm³/mol. The van der Waals surface area contributed by atoms with E-state index in [4.69, 9.17) is 17.3 Å². The molecule has 0 unspecified atom stereocenters. The summed E-state index contributed by atoms with van der Waals surface area (Å²) in [5, 5.41) is 16.1. The molecule has 0 radical (unpaired) electrons. The first kappa shape index (κ1) is 15.5. The SMILES string of the molecule is Cc1cc(C)c(NC(=S)Nc2cccc(CO)c2)c(C)c1. The number of nitrogens with one attached hydrogen (secondary N) is 2. The average molecular weight is 300 g/mol. The highest BCUT2D eigenvalue weighted by atomic mass is 32.1. The quantitative estimate of drug-likeness (QED) is 0.752. The third kappa shape index (κ3) is 4.03. The van der Waals surface area contributed by atoms with Crippen LogP contribution in [-0.4, -0.2) is 10.2 Å². The summed E-state index contributed by atoms with van der Waals surface area (Å²) in [6, 6.07) is 11.8. The van der Waals surface area contributed by atoms with Gasteiger partial charge in [-0.15, -0.1) is 0 Å². The maximum absolute atomic E-state index is 9.15. The highest BCUT2D eigenvalue weighted by Gasteiger charge is 2.06. The van der Waals surface area contributed by atoms with Gasteiger partial charge in [0.1, 0.15) is 0 Å². The lowest BCUT2D eigenvalue weighted by Gasteiger charge is -2.16. The number of hydrogen-bond donors (Lipinski definition) is 3. The molecule has 3 N–H and O–H groups in total. The van der Waals surface area contributed by atoms with Crippen LogP contribution in [0.3, 0.4) is 0 Å². The van der Waals surface area contributed by atoms with Crippen LogP contribution in [0.5, 0.6) is 0 Å². The van der Waals surface area contributed by atoms with E-state index >= 15 is 0 Å². The van der Waals surface area contributed by atoms with Gasteiger partial charge in [-0.25, -0.2) is 0 Å². The topological polar surface area (TPSA) is 44.3 Å². The molecule has 3 nitrogen and oxygen atoms in total. The molecule has 0 aliphatic carbocycles. The number of aliphatic hydroxyl groups is 1. The van der Waals surface area contributed by atoms with E-state index in [9.17, 15) is 0 Å². The summed E-state index contributed by atoms with van der Waals surface area (Å²) >= 11 is 5.36. The van der Waals surface area contributed by atoms with Crippen molar-refractivity contribution in [3.05, 3.63) is 58.7 Å². The molecule has 0 aliphatic rings. The molecule has 110 valence electrons. The number of benzene rings is 2. The van der Waals surface area contributed by atoms with Gasteiger partial charge in [0, 0.05) is 11.4 Å². The van der Waals surface area contributed by atoms with Crippen LogP contribution in [0.15, 0.2) is 36.4 Å². The van der Waals surface area contributed by atoms with E-state index in [1.165, 1.54) is 16.7 Å². The van der Waals surface area contributed by atoms with E-state index in [1.54, 1.807) is 0 Å². The molecule has 0 fully saturated rings. The second-order valence-electron chi connectivity index (χ2n) is 5.21. The van der Waals surface area contributed by atoms with Crippen LogP contribution in [-0.2, 0) is 6.61 Å². The Morgan fingerprint density at radius 3 is 2.33 bits per heavy atom. The van der Waals surface area contributed by atoms with Gasteiger partial charge in [-0.05, 0) is 61.8 Å². The normalized spacial score (nSPS) is 10.3. The molecule has 2 aromatic rings. The molecule has 2 rings (SSSR count). The van der Waals surface area contributed by atoms with Crippen LogP contribution in [0.4, 0.5) is 11.4 Å². The van der Waals surface area contributed by atoms with Crippen molar-refractivity contribution in [3.8, 4) is 0 Å². The minimum atomic E-state index is 0.0197. The summed E-state index contributed by atoms with van der Waals surface area (Å²) in [6.07, 6.45) is 0. The van der Waals surface area contributed by atoms with Crippen LogP contribution in [0.2, 0.25) is 0 Å². The fourth-order valence-corrected chi connectivity index (χ4v) is 2.62. The zero-order valence-corrected chi connectivity index (χ0v) is 13.3. The van der Waals surface area contributed by atoms with Crippen molar-refractivity contribution < 1.29 is 5.11 Å². The number of aliphatic hydroxyl groups excluding tert-OH is 1. The second kappa shape index (κ2) is 6.70. The Hall–Kier alpha value is -1.91. The minimum Gasteiger partial charge on any atom is -0.392 e. The summed E-state index contributed by atoms with van der Waals surface area (Å²) in [6.45, 7) is 6.24. The Bertz CT molecular complexity index is 645. The van der Waals surface area contributed by atoms with Crippen LogP contribution in [0, 0.1) is 20.8 Å². The molecule has 0 amide bonds. The van der Waals surface area contributed by atoms with Gasteiger partial charge in [-0.2, -0.15) is 0 Å². The largest absolute Gasteiger partial charge is 0.392 e. The molecule has 21 heavy (non-hydrogen) atoms. The van der Waals surface area contributed by atoms with Gasteiger partial charge < -0.3 is 15.7 Å². The number of thiocarbonyl (C=S) groups is 1. The average Bonchev–Trinajstić information content (AvgIpc) is 2.43. The summed E-state index contributed by atoms with van der Waals surface area (Å²) in [7, 11) is 0. The zero-order chi connectivity index (χ0) is 15.4. The lowest BCUT2D eigenvalue weighted by Crippen LogP contribution is -2.20. The van der Waals surface area contributed by atoms with E-state index in [0.29, 0.717) is 5.11 Å². The summed E-state index contributed by atoms with van der Waals surface area (Å²) < 4.78 is 0. The molecule has 0 saturated carbocycles. The van der Waals surface area contributed by atoms with E-state index in [-0.39, 0.29) is 6.61 Å². The lowest BCUT2D eigenvalue weighted by molar-refractivity contribution is 0.282. The first-order valence-electron chi connectivity index (χ1n) is 6.85.